The second-order valence-electron chi connectivity index (χ2n) is 6.73. The molecular formula is C17H24F3N3O3S. The van der Waals surface area contributed by atoms with E-state index >= 15 is 0 Å². The Morgan fingerprint density at radius 1 is 1.30 bits per heavy atom. The first kappa shape index (κ1) is 21.6. The number of carbonyl (C=O) groups excluding carboxylic acids is 1. The molecule has 1 fully saturated rings. The first-order valence-electron chi connectivity index (χ1n) is 8.78. The Hall–Kier alpha value is -1.65. The van der Waals surface area contributed by atoms with Gasteiger partial charge in [-0.1, -0.05) is 0 Å². The maximum Gasteiger partial charge on any atom is 0.224 e. The summed E-state index contributed by atoms with van der Waals surface area (Å²) in [6.45, 7) is 2.25. The molecule has 0 radical (unpaired) electrons. The van der Waals surface area contributed by atoms with Gasteiger partial charge in [0.1, 0.15) is 5.82 Å². The van der Waals surface area contributed by atoms with E-state index in [9.17, 15) is 26.4 Å². The summed E-state index contributed by atoms with van der Waals surface area (Å²) in [5.74, 6) is -3.70. The van der Waals surface area contributed by atoms with Gasteiger partial charge in [0.25, 0.3) is 0 Å². The molecule has 1 amide bonds. The van der Waals surface area contributed by atoms with Crippen molar-refractivity contribution in [1.29, 1.82) is 0 Å². The average Bonchev–Trinajstić information content (AvgIpc) is 2.59. The van der Waals surface area contributed by atoms with Crippen LogP contribution in [-0.2, 0) is 21.2 Å². The van der Waals surface area contributed by atoms with E-state index in [-0.39, 0.29) is 42.7 Å². The molecule has 6 nitrogen and oxygen atoms in total. The van der Waals surface area contributed by atoms with Crippen molar-refractivity contribution in [1.82, 2.24) is 9.62 Å². The van der Waals surface area contributed by atoms with Crippen LogP contribution in [0.4, 0.5) is 13.2 Å². The first-order chi connectivity index (χ1) is 12.6. The average molecular weight is 407 g/mol. The molecule has 0 bridgehead atoms. The zero-order chi connectivity index (χ0) is 20.2. The van der Waals surface area contributed by atoms with Crippen molar-refractivity contribution in [3.63, 3.8) is 0 Å². The molecule has 0 saturated carbocycles. The lowest BCUT2D eigenvalue weighted by atomic mass is 10.0. The largest absolute Gasteiger partial charge is 0.341 e. The summed E-state index contributed by atoms with van der Waals surface area (Å²) in [5, 5.41) is 0. The van der Waals surface area contributed by atoms with Crippen LogP contribution in [0.15, 0.2) is 12.1 Å². The van der Waals surface area contributed by atoms with Crippen molar-refractivity contribution >= 4 is 15.9 Å². The van der Waals surface area contributed by atoms with Gasteiger partial charge in [-0.05, 0) is 37.8 Å². The van der Waals surface area contributed by atoms with Gasteiger partial charge in [-0.2, -0.15) is 0 Å². The van der Waals surface area contributed by atoms with E-state index in [0.29, 0.717) is 25.5 Å². The highest BCUT2D eigenvalue weighted by Crippen LogP contribution is 2.17. The van der Waals surface area contributed by atoms with Crippen LogP contribution in [0.2, 0.25) is 0 Å². The molecule has 2 rings (SSSR count). The number of benzene rings is 1. The van der Waals surface area contributed by atoms with E-state index in [1.807, 2.05) is 0 Å². The highest BCUT2D eigenvalue weighted by atomic mass is 32.2. The van der Waals surface area contributed by atoms with Gasteiger partial charge in [0, 0.05) is 37.7 Å². The molecule has 10 heteroatoms. The van der Waals surface area contributed by atoms with Crippen LogP contribution in [0, 0.1) is 17.5 Å². The Morgan fingerprint density at radius 3 is 2.63 bits per heavy atom. The second-order valence-corrected chi connectivity index (χ2v) is 8.77. The number of halogens is 3. The van der Waals surface area contributed by atoms with Gasteiger partial charge in [-0.3, -0.25) is 4.79 Å². The van der Waals surface area contributed by atoms with E-state index < -0.39 is 33.5 Å². The number of likely N-dealkylation sites (tertiary alicyclic amines) is 1. The lowest BCUT2D eigenvalue weighted by Crippen LogP contribution is -2.50. The Morgan fingerprint density at radius 2 is 1.96 bits per heavy atom. The Balaban J connectivity index is 1.93. The fraction of sp³-hybridized carbons (Fsp3) is 0.588. The Labute approximate surface area is 157 Å². The number of sulfonamides is 1. The zero-order valence-electron chi connectivity index (χ0n) is 15.1. The summed E-state index contributed by atoms with van der Waals surface area (Å²) >= 11 is 0. The number of rotatable bonds is 7. The number of hydrogen-bond donors (Lipinski definition) is 2. The topological polar surface area (TPSA) is 92.5 Å². The molecule has 1 saturated heterocycles. The van der Waals surface area contributed by atoms with Crippen molar-refractivity contribution in [2.75, 3.05) is 18.8 Å². The third-order valence-electron chi connectivity index (χ3n) is 4.51. The molecule has 1 heterocycles. The highest BCUT2D eigenvalue weighted by Gasteiger charge is 2.27. The van der Waals surface area contributed by atoms with Gasteiger partial charge in [0.05, 0.1) is 5.75 Å². The molecule has 1 aromatic carbocycles. The maximum absolute atomic E-state index is 13.7. The summed E-state index contributed by atoms with van der Waals surface area (Å²) in [6, 6.07) is 0.0665. The van der Waals surface area contributed by atoms with E-state index in [4.69, 9.17) is 5.73 Å². The number of amides is 1. The van der Waals surface area contributed by atoms with Gasteiger partial charge in [0.15, 0.2) is 11.6 Å². The minimum Gasteiger partial charge on any atom is -0.341 e. The van der Waals surface area contributed by atoms with Crippen molar-refractivity contribution in [3.05, 3.63) is 35.1 Å². The minimum absolute atomic E-state index is 0.0396. The van der Waals surface area contributed by atoms with Crippen LogP contribution in [0.3, 0.4) is 0 Å². The number of nitrogens with one attached hydrogen (secondary N) is 1. The van der Waals surface area contributed by atoms with Crippen LogP contribution in [-0.4, -0.2) is 50.2 Å². The maximum atomic E-state index is 13.7. The number of nitrogens with zero attached hydrogens (tertiary/aromatic N) is 1. The summed E-state index contributed by atoms with van der Waals surface area (Å²) < 4.78 is 65.9. The second kappa shape index (κ2) is 9.03. The van der Waals surface area contributed by atoms with Crippen LogP contribution in [0.1, 0.15) is 31.7 Å². The van der Waals surface area contributed by atoms with E-state index in [1.54, 1.807) is 0 Å². The molecule has 0 aromatic heterocycles. The van der Waals surface area contributed by atoms with E-state index in [2.05, 4.69) is 4.72 Å². The van der Waals surface area contributed by atoms with Gasteiger partial charge in [-0.25, -0.2) is 26.3 Å². The highest BCUT2D eigenvalue weighted by molar-refractivity contribution is 7.89. The van der Waals surface area contributed by atoms with Gasteiger partial charge < -0.3 is 10.6 Å². The van der Waals surface area contributed by atoms with Gasteiger partial charge in [0.2, 0.25) is 15.9 Å². The van der Waals surface area contributed by atoms with E-state index in [1.165, 1.54) is 11.8 Å². The SMILES string of the molecule is CCS(=O)(=O)NC1CCCN(C(=O)C[C@@H](N)Cc2cc(F)c(F)cc2F)C1. The number of nitrogens with two attached hydrogens (primary N) is 1. The molecule has 1 aliphatic rings. The minimum atomic E-state index is -3.36. The predicted molar refractivity (Wildman–Crippen MR) is 94.8 cm³/mol. The Kier molecular flexibility index (Phi) is 7.24. The molecule has 3 N–H and O–H groups in total. The molecular weight excluding hydrogens is 383 g/mol. The third kappa shape index (κ3) is 6.18. The lowest BCUT2D eigenvalue weighted by molar-refractivity contribution is -0.132. The van der Waals surface area contributed by atoms with Crippen molar-refractivity contribution in [2.45, 2.75) is 44.7 Å². The number of hydrogen-bond acceptors (Lipinski definition) is 4. The zero-order valence-corrected chi connectivity index (χ0v) is 15.9. The predicted octanol–water partition coefficient (Wildman–Crippen LogP) is 1.29. The summed E-state index contributed by atoms with van der Waals surface area (Å²) in [7, 11) is -3.36. The summed E-state index contributed by atoms with van der Waals surface area (Å²) in [6.07, 6.45) is 1.06. The monoisotopic (exact) mass is 407 g/mol. The Bertz CT molecular complexity index is 789. The number of piperidine rings is 1. The molecule has 1 aliphatic heterocycles. The van der Waals surface area contributed by atoms with Crippen LogP contribution < -0.4 is 10.5 Å². The lowest BCUT2D eigenvalue weighted by Gasteiger charge is -2.33. The standard InChI is InChI=1S/C17H24F3N3O3S/c1-2-27(25,26)22-13-4-3-5-23(10-13)17(24)8-12(21)6-11-7-15(19)16(20)9-14(11)18/h7,9,12-13,22H,2-6,8,10,21H2,1H3/t12-,13?/m0/s1. The van der Waals surface area contributed by atoms with Crippen LogP contribution in [0.5, 0.6) is 0 Å². The molecule has 0 spiro atoms. The quantitative estimate of drug-likeness (QED) is 0.667. The molecule has 152 valence electrons. The molecule has 1 unspecified atom stereocenters. The first-order valence-corrected chi connectivity index (χ1v) is 10.4. The van der Waals surface area contributed by atoms with Gasteiger partial charge in [-0.15, -0.1) is 0 Å². The summed E-state index contributed by atoms with van der Waals surface area (Å²) in [4.78, 5) is 13.9. The van der Waals surface area contributed by atoms with Crippen molar-refractivity contribution in [3.8, 4) is 0 Å². The number of carbonyl (C=O) groups is 1. The normalized spacial score (nSPS) is 19.1. The van der Waals surface area contributed by atoms with Crippen molar-refractivity contribution in [2.24, 2.45) is 5.73 Å². The third-order valence-corrected chi connectivity index (χ3v) is 5.96. The van der Waals surface area contributed by atoms with Gasteiger partial charge >= 0.3 is 0 Å². The van der Waals surface area contributed by atoms with E-state index in [0.717, 1.165) is 6.07 Å². The summed E-state index contributed by atoms with van der Waals surface area (Å²) in [5.41, 5.74) is 5.79. The fourth-order valence-electron chi connectivity index (χ4n) is 3.07. The molecule has 1 aromatic rings. The van der Waals surface area contributed by atoms with Crippen LogP contribution >= 0.6 is 0 Å². The molecule has 2 atom stereocenters. The molecule has 0 aliphatic carbocycles. The smallest absolute Gasteiger partial charge is 0.224 e. The van der Waals surface area contributed by atoms with Crippen LogP contribution in [0.25, 0.3) is 0 Å². The fourth-order valence-corrected chi connectivity index (χ4v) is 3.93. The van der Waals surface area contributed by atoms with Crippen molar-refractivity contribution < 1.29 is 26.4 Å². The molecule has 27 heavy (non-hydrogen) atoms.